The van der Waals surface area contributed by atoms with Gasteiger partial charge in [-0.05, 0) is 45.2 Å². The Bertz CT molecular complexity index is 352. The summed E-state index contributed by atoms with van der Waals surface area (Å²) >= 11 is 0. The number of aliphatic carboxylic acids is 2. The number of unbranched alkanes of at least 4 members (excludes halogenated alkanes) is 2. The lowest BCUT2D eigenvalue weighted by Gasteiger charge is -2.12. The predicted molar refractivity (Wildman–Crippen MR) is 86.7 cm³/mol. The maximum absolute atomic E-state index is 10.6. The van der Waals surface area contributed by atoms with Crippen molar-refractivity contribution in [3.05, 3.63) is 0 Å². The summed E-state index contributed by atoms with van der Waals surface area (Å²) in [6, 6.07) is -1.49. The third-order valence-electron chi connectivity index (χ3n) is 2.91. The smallest absolute Gasteiger partial charge is 0.326 e. The average Bonchev–Trinajstić information content (AvgIpc) is 2.46. The number of carboxylic acids is 2. The van der Waals surface area contributed by atoms with Gasteiger partial charge in [0.25, 0.3) is 0 Å². The molecule has 0 aliphatic heterocycles. The molecule has 0 aliphatic rings. The lowest BCUT2D eigenvalue weighted by molar-refractivity contribution is -0.141. The van der Waals surface area contributed by atoms with E-state index in [1.165, 1.54) is 6.92 Å². The second kappa shape index (κ2) is 15.2. The first-order valence-electron chi connectivity index (χ1n) is 7.64. The normalized spacial score (nSPS) is 12.5. The van der Waals surface area contributed by atoms with Crippen LogP contribution in [0.4, 0.5) is 0 Å². The standard InChI is InChI=1S/C8H16N2O3.C6H14N2O2/c1-6(11)10-7(8(12)13)4-2-3-5-9;7-4-2-1-3-5(8)6(9)10/h7H,2-5,9H2,1H3,(H,10,11)(H,12,13);5H,1-4,7-8H2,(H,9,10). The predicted octanol–water partition coefficient (Wildman–Crippen LogP) is -0.768. The number of hydrogen-bond donors (Lipinski definition) is 6. The molecular formula is C14H30N4O5. The van der Waals surface area contributed by atoms with E-state index < -0.39 is 24.0 Å². The van der Waals surface area contributed by atoms with Gasteiger partial charge in [0, 0.05) is 6.92 Å². The molecule has 0 aromatic heterocycles. The number of rotatable bonds is 11. The average molecular weight is 334 g/mol. The number of hydrogen-bond acceptors (Lipinski definition) is 6. The Balaban J connectivity index is 0. The monoisotopic (exact) mass is 334 g/mol. The first-order valence-corrected chi connectivity index (χ1v) is 7.64. The van der Waals surface area contributed by atoms with Gasteiger partial charge in [-0.3, -0.25) is 9.59 Å². The second-order valence-corrected chi connectivity index (χ2v) is 5.10. The zero-order chi connectivity index (χ0) is 18.3. The van der Waals surface area contributed by atoms with Gasteiger partial charge in [0.05, 0.1) is 0 Å². The number of carboxylic acid groups (broad SMARTS) is 2. The molecule has 0 saturated carbocycles. The van der Waals surface area contributed by atoms with Crippen LogP contribution in [0.15, 0.2) is 0 Å². The van der Waals surface area contributed by atoms with E-state index in [0.29, 0.717) is 32.4 Å². The largest absolute Gasteiger partial charge is 0.480 e. The fraction of sp³-hybridized carbons (Fsp3) is 0.786. The van der Waals surface area contributed by atoms with Crippen molar-refractivity contribution in [2.45, 2.75) is 57.5 Å². The van der Waals surface area contributed by atoms with Gasteiger partial charge in [-0.2, -0.15) is 0 Å². The molecule has 0 heterocycles. The molecule has 136 valence electrons. The zero-order valence-electron chi connectivity index (χ0n) is 13.7. The van der Waals surface area contributed by atoms with Crippen LogP contribution in [0.5, 0.6) is 0 Å². The van der Waals surface area contributed by atoms with Gasteiger partial charge in [-0.1, -0.05) is 6.42 Å². The Kier molecular flexibility index (Phi) is 15.6. The third kappa shape index (κ3) is 16.5. The molecule has 0 saturated heterocycles. The Labute approximate surface area is 136 Å². The van der Waals surface area contributed by atoms with E-state index in [4.69, 9.17) is 27.4 Å². The van der Waals surface area contributed by atoms with E-state index in [1.807, 2.05) is 0 Å². The maximum atomic E-state index is 10.6. The highest BCUT2D eigenvalue weighted by molar-refractivity contribution is 5.81. The van der Waals surface area contributed by atoms with E-state index in [2.05, 4.69) is 5.32 Å². The van der Waals surface area contributed by atoms with Gasteiger partial charge < -0.3 is 32.7 Å². The SMILES string of the molecule is CC(=O)NC(CCCCN)C(=O)O.NCCCCC(N)C(=O)O. The number of amides is 1. The summed E-state index contributed by atoms with van der Waals surface area (Å²) in [5, 5.41) is 19.4. The molecule has 9 nitrogen and oxygen atoms in total. The molecule has 2 atom stereocenters. The number of carbonyl (C=O) groups excluding carboxylic acids is 1. The minimum absolute atomic E-state index is 0.319. The Morgan fingerprint density at radius 1 is 0.913 bits per heavy atom. The Morgan fingerprint density at radius 2 is 1.39 bits per heavy atom. The highest BCUT2D eigenvalue weighted by Gasteiger charge is 2.16. The molecule has 23 heavy (non-hydrogen) atoms. The number of nitrogens with two attached hydrogens (primary N) is 3. The highest BCUT2D eigenvalue weighted by Crippen LogP contribution is 2.00. The van der Waals surface area contributed by atoms with Crippen molar-refractivity contribution in [2.24, 2.45) is 17.2 Å². The van der Waals surface area contributed by atoms with Crippen molar-refractivity contribution in [1.29, 1.82) is 0 Å². The molecule has 0 aromatic rings. The highest BCUT2D eigenvalue weighted by atomic mass is 16.4. The van der Waals surface area contributed by atoms with Crippen molar-refractivity contribution in [1.82, 2.24) is 5.32 Å². The minimum atomic E-state index is -0.993. The van der Waals surface area contributed by atoms with Crippen LogP contribution in [0, 0.1) is 0 Å². The Hall–Kier alpha value is -1.71. The lowest BCUT2D eigenvalue weighted by atomic mass is 10.1. The van der Waals surface area contributed by atoms with Crippen LogP contribution in [0.2, 0.25) is 0 Å². The summed E-state index contributed by atoms with van der Waals surface area (Å²) in [6.07, 6.45) is 4.10. The molecule has 0 rings (SSSR count). The molecule has 0 radical (unpaired) electrons. The van der Waals surface area contributed by atoms with Gasteiger partial charge in [0.2, 0.25) is 5.91 Å². The molecule has 1 amide bonds. The lowest BCUT2D eigenvalue weighted by Crippen LogP contribution is -2.39. The van der Waals surface area contributed by atoms with Gasteiger partial charge in [0.1, 0.15) is 12.1 Å². The van der Waals surface area contributed by atoms with Crippen molar-refractivity contribution in [3.8, 4) is 0 Å². The zero-order valence-corrected chi connectivity index (χ0v) is 13.7. The van der Waals surface area contributed by atoms with E-state index in [-0.39, 0.29) is 5.91 Å². The molecular weight excluding hydrogens is 304 g/mol. The molecule has 0 bridgehead atoms. The topological polar surface area (TPSA) is 182 Å². The Morgan fingerprint density at radius 3 is 1.74 bits per heavy atom. The number of carbonyl (C=O) groups is 3. The second-order valence-electron chi connectivity index (χ2n) is 5.10. The fourth-order valence-corrected chi connectivity index (χ4v) is 1.63. The maximum Gasteiger partial charge on any atom is 0.326 e. The van der Waals surface area contributed by atoms with Crippen LogP contribution in [0.3, 0.4) is 0 Å². The molecule has 0 fully saturated rings. The van der Waals surface area contributed by atoms with Crippen LogP contribution in [0.1, 0.15) is 45.4 Å². The summed E-state index contributed by atoms with van der Waals surface area (Å²) in [5.41, 5.74) is 15.7. The minimum Gasteiger partial charge on any atom is -0.480 e. The van der Waals surface area contributed by atoms with Crippen molar-refractivity contribution in [2.75, 3.05) is 13.1 Å². The first kappa shape index (κ1) is 23.6. The summed E-state index contributed by atoms with van der Waals surface area (Å²) in [6.45, 7) is 2.46. The molecule has 2 unspecified atom stereocenters. The van der Waals surface area contributed by atoms with Crippen LogP contribution in [0.25, 0.3) is 0 Å². The first-order chi connectivity index (χ1) is 10.8. The quantitative estimate of drug-likeness (QED) is 0.266. The van der Waals surface area contributed by atoms with Gasteiger partial charge in [-0.15, -0.1) is 0 Å². The van der Waals surface area contributed by atoms with Crippen LogP contribution in [-0.4, -0.2) is 53.2 Å². The van der Waals surface area contributed by atoms with E-state index >= 15 is 0 Å². The molecule has 0 aliphatic carbocycles. The van der Waals surface area contributed by atoms with Crippen molar-refractivity contribution >= 4 is 17.8 Å². The van der Waals surface area contributed by atoms with Crippen LogP contribution in [-0.2, 0) is 14.4 Å². The van der Waals surface area contributed by atoms with Crippen LogP contribution >= 0.6 is 0 Å². The van der Waals surface area contributed by atoms with Crippen molar-refractivity contribution in [3.63, 3.8) is 0 Å². The number of nitrogens with one attached hydrogen (secondary N) is 1. The molecule has 0 spiro atoms. The van der Waals surface area contributed by atoms with E-state index in [1.54, 1.807) is 0 Å². The summed E-state index contributed by atoms with van der Waals surface area (Å²) in [7, 11) is 0. The summed E-state index contributed by atoms with van der Waals surface area (Å²) in [5.74, 6) is -2.25. The third-order valence-corrected chi connectivity index (χ3v) is 2.91. The van der Waals surface area contributed by atoms with E-state index in [0.717, 1.165) is 19.3 Å². The van der Waals surface area contributed by atoms with Gasteiger partial charge >= 0.3 is 11.9 Å². The van der Waals surface area contributed by atoms with Crippen molar-refractivity contribution < 1.29 is 24.6 Å². The van der Waals surface area contributed by atoms with E-state index in [9.17, 15) is 14.4 Å². The van der Waals surface area contributed by atoms with Crippen LogP contribution < -0.4 is 22.5 Å². The van der Waals surface area contributed by atoms with Gasteiger partial charge in [-0.25, -0.2) is 4.79 Å². The molecule has 9 heteroatoms. The molecule has 0 aromatic carbocycles. The van der Waals surface area contributed by atoms with Gasteiger partial charge in [0.15, 0.2) is 0 Å². The summed E-state index contributed by atoms with van der Waals surface area (Å²) in [4.78, 5) is 31.3. The summed E-state index contributed by atoms with van der Waals surface area (Å²) < 4.78 is 0. The fourth-order valence-electron chi connectivity index (χ4n) is 1.63. The molecule has 9 N–H and O–H groups in total.